The summed E-state index contributed by atoms with van der Waals surface area (Å²) in [5.41, 5.74) is 2.69. The predicted octanol–water partition coefficient (Wildman–Crippen LogP) is 1.64. The van der Waals surface area contributed by atoms with Gasteiger partial charge >= 0.3 is 0 Å². The van der Waals surface area contributed by atoms with Gasteiger partial charge in [0.1, 0.15) is 5.52 Å². The van der Waals surface area contributed by atoms with Gasteiger partial charge in [0.2, 0.25) is 0 Å². The minimum atomic E-state index is -0.264. The van der Waals surface area contributed by atoms with E-state index >= 15 is 0 Å². The fourth-order valence-electron chi connectivity index (χ4n) is 1.92. The molecule has 0 aliphatic heterocycles. The number of hydrogen-bond acceptors (Lipinski definition) is 5. The first-order valence-electron chi connectivity index (χ1n) is 5.87. The Bertz CT molecular complexity index is 886. The summed E-state index contributed by atoms with van der Waals surface area (Å²) in [7, 11) is 1.91. The molecule has 3 N–H and O–H groups in total. The number of rotatable bonds is 3. The first-order valence-corrected chi connectivity index (χ1v) is 7.27. The smallest absolute Gasteiger partial charge is 0.277 e. The van der Waals surface area contributed by atoms with Gasteiger partial charge in [0.05, 0.1) is 5.69 Å². The highest BCUT2D eigenvalue weighted by molar-refractivity contribution is 7.98. The van der Waals surface area contributed by atoms with Crippen LogP contribution in [0.15, 0.2) is 16.0 Å². The molecule has 0 radical (unpaired) electrons. The number of aromatic nitrogens is 6. The Morgan fingerprint density at radius 2 is 2.20 bits per heavy atom. The van der Waals surface area contributed by atoms with Crippen molar-refractivity contribution < 1.29 is 0 Å². The van der Waals surface area contributed by atoms with Crippen molar-refractivity contribution in [2.24, 2.45) is 7.05 Å². The van der Waals surface area contributed by atoms with E-state index in [0.717, 1.165) is 17.1 Å². The maximum absolute atomic E-state index is 11.7. The van der Waals surface area contributed by atoms with Gasteiger partial charge in [-0.1, -0.05) is 11.8 Å². The summed E-state index contributed by atoms with van der Waals surface area (Å²) in [4.78, 5) is 24.4. The van der Waals surface area contributed by atoms with Crippen LogP contribution >= 0.6 is 24.0 Å². The maximum Gasteiger partial charge on any atom is 0.277 e. The highest BCUT2D eigenvalue weighted by Gasteiger charge is 2.09. The third kappa shape index (κ3) is 2.41. The molecule has 0 fully saturated rings. The molecule has 20 heavy (non-hydrogen) atoms. The quantitative estimate of drug-likeness (QED) is 0.505. The van der Waals surface area contributed by atoms with E-state index in [2.05, 4.69) is 25.0 Å². The second-order valence-electron chi connectivity index (χ2n) is 4.36. The van der Waals surface area contributed by atoms with E-state index in [1.807, 2.05) is 24.7 Å². The second-order valence-corrected chi connectivity index (χ2v) is 5.74. The summed E-state index contributed by atoms with van der Waals surface area (Å²) >= 11 is 6.42. The van der Waals surface area contributed by atoms with Crippen molar-refractivity contribution in [3.8, 4) is 0 Å². The van der Waals surface area contributed by atoms with Gasteiger partial charge in [-0.15, -0.1) is 0 Å². The molecule has 104 valence electrons. The van der Waals surface area contributed by atoms with E-state index in [-0.39, 0.29) is 10.3 Å². The van der Waals surface area contributed by atoms with Crippen LogP contribution in [0.4, 0.5) is 0 Å². The monoisotopic (exact) mass is 308 g/mol. The molecule has 3 aromatic rings. The lowest BCUT2D eigenvalue weighted by molar-refractivity contribution is 0.727. The normalized spacial score (nSPS) is 11.3. The van der Waals surface area contributed by atoms with Gasteiger partial charge in [0.15, 0.2) is 15.6 Å². The van der Waals surface area contributed by atoms with Crippen LogP contribution in [0.2, 0.25) is 0 Å². The second kappa shape index (κ2) is 4.91. The predicted molar refractivity (Wildman–Crippen MR) is 79.4 cm³/mol. The number of aryl methyl sites for hydroxylation is 2. The molecule has 9 heteroatoms. The van der Waals surface area contributed by atoms with E-state index in [0.29, 0.717) is 16.3 Å². The Balaban J connectivity index is 1.88. The van der Waals surface area contributed by atoms with Crippen molar-refractivity contribution in [1.82, 2.24) is 29.7 Å². The van der Waals surface area contributed by atoms with E-state index in [1.165, 1.54) is 11.8 Å². The van der Waals surface area contributed by atoms with Gasteiger partial charge in [-0.2, -0.15) is 5.10 Å². The molecule has 0 saturated carbocycles. The number of hydrogen-bond donors (Lipinski definition) is 3. The largest absolute Gasteiger partial charge is 0.327 e. The molecule has 0 saturated heterocycles. The molecule has 3 aromatic heterocycles. The zero-order chi connectivity index (χ0) is 14.3. The third-order valence-electron chi connectivity index (χ3n) is 2.82. The van der Waals surface area contributed by atoms with Gasteiger partial charge in [0.25, 0.3) is 5.56 Å². The van der Waals surface area contributed by atoms with E-state index in [4.69, 9.17) is 12.2 Å². The standard InChI is InChI=1S/C11H12N6OS2/c1-5-3-6(17(2)16-5)4-20-11-12-7-8(14-11)13-10(19)15-9(7)18/h3H,4H2,1-2H3,(H3,12,13,14,15,18,19). The summed E-state index contributed by atoms with van der Waals surface area (Å²) in [6.45, 7) is 1.95. The van der Waals surface area contributed by atoms with Crippen LogP contribution in [0, 0.1) is 11.7 Å². The fourth-order valence-corrected chi connectivity index (χ4v) is 2.99. The molecular formula is C11H12N6OS2. The van der Waals surface area contributed by atoms with Crippen molar-refractivity contribution >= 4 is 35.1 Å². The van der Waals surface area contributed by atoms with Crippen LogP contribution in [0.1, 0.15) is 11.4 Å². The molecule has 3 rings (SSSR count). The van der Waals surface area contributed by atoms with Crippen molar-refractivity contribution in [2.45, 2.75) is 17.8 Å². The Labute approximate surface area is 122 Å². The Kier molecular flexibility index (Phi) is 3.22. The van der Waals surface area contributed by atoms with Crippen molar-refractivity contribution in [3.63, 3.8) is 0 Å². The molecule has 0 atom stereocenters. The van der Waals surface area contributed by atoms with Crippen molar-refractivity contribution in [2.75, 3.05) is 0 Å². The number of H-pyrrole nitrogens is 3. The topological polar surface area (TPSA) is 95.1 Å². The minimum Gasteiger partial charge on any atom is -0.327 e. The molecule has 3 heterocycles. The number of fused-ring (bicyclic) bond motifs is 1. The molecule has 0 aliphatic rings. The van der Waals surface area contributed by atoms with Crippen LogP contribution in [0.3, 0.4) is 0 Å². The molecule has 7 nitrogen and oxygen atoms in total. The molecule has 0 bridgehead atoms. The van der Waals surface area contributed by atoms with E-state index < -0.39 is 0 Å². The zero-order valence-electron chi connectivity index (χ0n) is 10.9. The molecule has 0 aliphatic carbocycles. The Morgan fingerprint density at radius 1 is 1.40 bits per heavy atom. The van der Waals surface area contributed by atoms with E-state index in [9.17, 15) is 4.79 Å². The van der Waals surface area contributed by atoms with Gasteiger partial charge in [0, 0.05) is 18.5 Å². The average molecular weight is 308 g/mol. The zero-order valence-corrected chi connectivity index (χ0v) is 12.5. The molecule has 0 amide bonds. The maximum atomic E-state index is 11.7. The lowest BCUT2D eigenvalue weighted by Crippen LogP contribution is -2.07. The summed E-state index contributed by atoms with van der Waals surface area (Å²) in [6.07, 6.45) is 0. The average Bonchev–Trinajstić information content (AvgIpc) is 2.90. The molecule has 0 spiro atoms. The first-order chi connectivity index (χ1) is 9.52. The number of aromatic amines is 3. The van der Waals surface area contributed by atoms with Gasteiger partial charge in [-0.05, 0) is 25.2 Å². The molecule has 0 unspecified atom stereocenters. The van der Waals surface area contributed by atoms with Gasteiger partial charge < -0.3 is 9.97 Å². The number of thioether (sulfide) groups is 1. The highest BCUT2D eigenvalue weighted by atomic mass is 32.2. The highest BCUT2D eigenvalue weighted by Crippen LogP contribution is 2.21. The summed E-state index contributed by atoms with van der Waals surface area (Å²) in [6, 6.07) is 2.02. The summed E-state index contributed by atoms with van der Waals surface area (Å²) in [5, 5.41) is 4.96. The summed E-state index contributed by atoms with van der Waals surface area (Å²) < 4.78 is 2.11. The van der Waals surface area contributed by atoms with Crippen LogP contribution in [0.25, 0.3) is 11.2 Å². The molecule has 0 aromatic carbocycles. The lowest BCUT2D eigenvalue weighted by Gasteiger charge is -1.98. The van der Waals surface area contributed by atoms with E-state index in [1.54, 1.807) is 0 Å². The van der Waals surface area contributed by atoms with Crippen LogP contribution < -0.4 is 5.56 Å². The minimum absolute atomic E-state index is 0.264. The number of nitrogens with one attached hydrogen (secondary N) is 3. The Hall–Kier alpha value is -1.87. The van der Waals surface area contributed by atoms with Gasteiger partial charge in [-0.3, -0.25) is 14.5 Å². The van der Waals surface area contributed by atoms with Crippen molar-refractivity contribution in [1.29, 1.82) is 0 Å². The van der Waals surface area contributed by atoms with Crippen LogP contribution in [0.5, 0.6) is 0 Å². The number of imidazole rings is 1. The summed E-state index contributed by atoms with van der Waals surface area (Å²) in [5.74, 6) is 0.718. The van der Waals surface area contributed by atoms with Crippen LogP contribution in [-0.2, 0) is 12.8 Å². The van der Waals surface area contributed by atoms with Crippen molar-refractivity contribution in [3.05, 3.63) is 32.6 Å². The van der Waals surface area contributed by atoms with Gasteiger partial charge in [-0.25, -0.2) is 4.98 Å². The number of nitrogens with zero attached hydrogens (tertiary/aromatic N) is 3. The first kappa shape index (κ1) is 13.1. The fraction of sp³-hybridized carbons (Fsp3) is 0.273. The third-order valence-corrected chi connectivity index (χ3v) is 3.93. The SMILES string of the molecule is Cc1cc(CSc2nc3[nH]c(=S)[nH]c(=O)c3[nH]2)n(C)n1. The van der Waals surface area contributed by atoms with Crippen LogP contribution in [-0.4, -0.2) is 29.7 Å². The lowest BCUT2D eigenvalue weighted by atomic mass is 10.4. The molecular weight excluding hydrogens is 296 g/mol. The Morgan fingerprint density at radius 3 is 2.90 bits per heavy atom.